The van der Waals surface area contributed by atoms with Crippen LogP contribution in [0.4, 0.5) is 0 Å². The van der Waals surface area contributed by atoms with E-state index in [4.69, 9.17) is 0 Å². The van der Waals surface area contributed by atoms with Gasteiger partial charge in [0.25, 0.3) is 0 Å². The number of rotatable bonds is 3. The number of aromatic amines is 1. The molecule has 0 aliphatic carbocycles. The van der Waals surface area contributed by atoms with Crippen LogP contribution in [0.5, 0.6) is 0 Å². The number of carbonyl (C=O) groups excluding carboxylic acids is 1. The molecular weight excluding hydrogens is 268 g/mol. The Hall–Kier alpha value is -2.15. The van der Waals surface area contributed by atoms with Gasteiger partial charge in [0.2, 0.25) is 5.91 Å². The van der Waals surface area contributed by atoms with Crippen LogP contribution in [0.25, 0.3) is 0 Å². The molecule has 0 saturated heterocycles. The Bertz CT molecular complexity index is 658. The van der Waals surface area contributed by atoms with Crippen molar-refractivity contribution in [1.29, 1.82) is 0 Å². The largest absolute Gasteiger partial charge is 0.348 e. The maximum atomic E-state index is 12.4. The van der Waals surface area contributed by atoms with E-state index in [9.17, 15) is 4.79 Å². The molecule has 1 aliphatic rings. The van der Waals surface area contributed by atoms with Crippen molar-refractivity contribution in [2.75, 3.05) is 0 Å². The number of nitrogens with one attached hydrogen (secondary N) is 3. The van der Waals surface area contributed by atoms with Gasteiger partial charge in [-0.1, -0.05) is 0 Å². The van der Waals surface area contributed by atoms with Crippen molar-refractivity contribution in [2.24, 2.45) is 7.05 Å². The fraction of sp³-hybridized carbons (Fsp3) is 0.500. The third-order valence-corrected chi connectivity index (χ3v) is 4.15. The van der Waals surface area contributed by atoms with Crippen LogP contribution >= 0.6 is 0 Å². The number of fused-ring (bicyclic) bond motifs is 1. The number of H-pyrrole nitrogens is 1. The van der Waals surface area contributed by atoms with Crippen molar-refractivity contribution in [3.05, 3.63) is 35.2 Å². The van der Waals surface area contributed by atoms with Crippen molar-refractivity contribution < 1.29 is 4.79 Å². The summed E-state index contributed by atoms with van der Waals surface area (Å²) in [5.41, 5.74) is 4.14. The highest BCUT2D eigenvalue weighted by molar-refractivity contribution is 5.82. The van der Waals surface area contributed by atoms with E-state index in [1.54, 1.807) is 12.5 Å². The van der Waals surface area contributed by atoms with E-state index in [0.29, 0.717) is 13.0 Å². The summed E-state index contributed by atoms with van der Waals surface area (Å²) in [6, 6.07) is -0.297. The minimum atomic E-state index is -0.236. The summed E-state index contributed by atoms with van der Waals surface area (Å²) in [7, 11) is 1.90. The van der Waals surface area contributed by atoms with Crippen molar-refractivity contribution in [2.45, 2.75) is 38.9 Å². The summed E-state index contributed by atoms with van der Waals surface area (Å²) in [5, 5.41) is 10.5. The second-order valence-electron chi connectivity index (χ2n) is 5.50. The van der Waals surface area contributed by atoms with Crippen LogP contribution in [0.1, 0.15) is 35.6 Å². The first-order valence-corrected chi connectivity index (χ1v) is 7.09. The van der Waals surface area contributed by atoms with E-state index in [2.05, 4.69) is 25.7 Å². The first-order chi connectivity index (χ1) is 10.1. The lowest BCUT2D eigenvalue weighted by Gasteiger charge is -2.24. The van der Waals surface area contributed by atoms with Crippen LogP contribution in [0.2, 0.25) is 0 Å². The van der Waals surface area contributed by atoms with Crippen molar-refractivity contribution in [3.8, 4) is 0 Å². The minimum Gasteiger partial charge on any atom is -0.348 e. The van der Waals surface area contributed by atoms with E-state index in [-0.39, 0.29) is 18.0 Å². The van der Waals surface area contributed by atoms with E-state index in [1.165, 1.54) is 0 Å². The molecule has 2 unspecified atom stereocenters. The standard InChI is InChI=1S/C14H20N6O/c1-8(10-5-18-20(3)9(10)2)19-14(21)12-4-11-13(6-15-12)17-7-16-11/h5,7-8,12,15H,4,6H2,1-3H3,(H,16,17)(H,19,21). The lowest BCUT2D eigenvalue weighted by atomic mass is 10.0. The van der Waals surface area contributed by atoms with Crippen LogP contribution < -0.4 is 10.6 Å². The van der Waals surface area contributed by atoms with Crippen LogP contribution in [0, 0.1) is 6.92 Å². The number of aromatic nitrogens is 4. The number of nitrogens with zero attached hydrogens (tertiary/aromatic N) is 3. The van der Waals surface area contributed by atoms with Gasteiger partial charge in [-0.25, -0.2) is 4.98 Å². The van der Waals surface area contributed by atoms with Gasteiger partial charge in [-0.05, 0) is 13.8 Å². The molecule has 3 N–H and O–H groups in total. The Morgan fingerprint density at radius 3 is 3.10 bits per heavy atom. The van der Waals surface area contributed by atoms with Crippen molar-refractivity contribution in [1.82, 2.24) is 30.4 Å². The Morgan fingerprint density at radius 1 is 1.57 bits per heavy atom. The zero-order valence-electron chi connectivity index (χ0n) is 12.5. The highest BCUT2D eigenvalue weighted by atomic mass is 16.2. The quantitative estimate of drug-likeness (QED) is 0.760. The molecule has 112 valence electrons. The number of hydrogen-bond donors (Lipinski definition) is 3. The van der Waals surface area contributed by atoms with Crippen molar-refractivity contribution >= 4 is 5.91 Å². The molecule has 7 nitrogen and oxygen atoms in total. The maximum absolute atomic E-state index is 12.4. The molecule has 2 aromatic rings. The average Bonchev–Trinajstić information content (AvgIpc) is 3.05. The molecule has 0 fully saturated rings. The molecule has 0 saturated carbocycles. The molecule has 1 aliphatic heterocycles. The number of imidazole rings is 1. The molecule has 0 spiro atoms. The highest BCUT2D eigenvalue weighted by Crippen LogP contribution is 2.17. The van der Waals surface area contributed by atoms with Crippen LogP contribution in [0.15, 0.2) is 12.5 Å². The van der Waals surface area contributed by atoms with Crippen molar-refractivity contribution in [3.63, 3.8) is 0 Å². The molecule has 3 rings (SSSR count). The Morgan fingerprint density at radius 2 is 2.38 bits per heavy atom. The summed E-state index contributed by atoms with van der Waals surface area (Å²) in [6.07, 6.45) is 4.10. The third kappa shape index (κ3) is 2.56. The summed E-state index contributed by atoms with van der Waals surface area (Å²) >= 11 is 0. The number of aryl methyl sites for hydroxylation is 1. The number of amides is 1. The van der Waals surface area contributed by atoms with Gasteiger partial charge in [-0.2, -0.15) is 5.10 Å². The van der Waals surface area contributed by atoms with E-state index >= 15 is 0 Å². The number of hydrogen-bond acceptors (Lipinski definition) is 4. The number of carbonyl (C=O) groups is 1. The summed E-state index contributed by atoms with van der Waals surface area (Å²) < 4.78 is 1.81. The molecule has 21 heavy (non-hydrogen) atoms. The first kappa shape index (κ1) is 13.8. The summed E-state index contributed by atoms with van der Waals surface area (Å²) in [5.74, 6) is -0.000553. The van der Waals surface area contributed by atoms with Gasteiger partial charge in [0.15, 0.2) is 0 Å². The molecule has 2 atom stereocenters. The Labute approximate surface area is 123 Å². The van der Waals surface area contributed by atoms with Gasteiger partial charge in [0, 0.05) is 31.3 Å². The summed E-state index contributed by atoms with van der Waals surface area (Å²) in [6.45, 7) is 4.62. The zero-order chi connectivity index (χ0) is 15.0. The second kappa shape index (κ2) is 5.33. The van der Waals surface area contributed by atoms with E-state index in [1.807, 2.05) is 25.6 Å². The van der Waals surface area contributed by atoms with Gasteiger partial charge < -0.3 is 10.3 Å². The van der Waals surface area contributed by atoms with Crippen LogP contribution in [0.3, 0.4) is 0 Å². The Kier molecular flexibility index (Phi) is 3.50. The third-order valence-electron chi connectivity index (χ3n) is 4.15. The fourth-order valence-electron chi connectivity index (χ4n) is 2.69. The highest BCUT2D eigenvalue weighted by Gasteiger charge is 2.27. The molecular formula is C14H20N6O. The predicted octanol–water partition coefficient (Wildman–Crippen LogP) is 0.343. The van der Waals surface area contributed by atoms with Gasteiger partial charge >= 0.3 is 0 Å². The zero-order valence-corrected chi connectivity index (χ0v) is 12.5. The lowest BCUT2D eigenvalue weighted by molar-refractivity contribution is -0.124. The van der Waals surface area contributed by atoms with E-state index in [0.717, 1.165) is 22.6 Å². The fourth-order valence-corrected chi connectivity index (χ4v) is 2.69. The van der Waals surface area contributed by atoms with Crippen LogP contribution in [-0.2, 0) is 24.8 Å². The first-order valence-electron chi connectivity index (χ1n) is 7.09. The average molecular weight is 288 g/mol. The maximum Gasteiger partial charge on any atom is 0.238 e. The summed E-state index contributed by atoms with van der Waals surface area (Å²) in [4.78, 5) is 19.7. The van der Waals surface area contributed by atoms with E-state index < -0.39 is 0 Å². The molecule has 1 amide bonds. The predicted molar refractivity (Wildman–Crippen MR) is 77.4 cm³/mol. The molecule has 2 aromatic heterocycles. The molecule has 0 bridgehead atoms. The lowest BCUT2D eigenvalue weighted by Crippen LogP contribution is -2.48. The monoisotopic (exact) mass is 288 g/mol. The normalized spacial score (nSPS) is 19.1. The minimum absolute atomic E-state index is 0.000553. The molecule has 3 heterocycles. The van der Waals surface area contributed by atoms with Gasteiger partial charge in [-0.3, -0.25) is 14.8 Å². The topological polar surface area (TPSA) is 87.6 Å². The Balaban J connectivity index is 1.66. The smallest absolute Gasteiger partial charge is 0.238 e. The van der Waals surface area contributed by atoms with Crippen LogP contribution in [-0.4, -0.2) is 31.7 Å². The SMILES string of the molecule is Cc1c(C(C)NC(=O)C2Cc3nc[nH]c3CN2)cnn1C. The molecule has 7 heteroatoms. The second-order valence-corrected chi connectivity index (χ2v) is 5.50. The molecule has 0 aromatic carbocycles. The van der Waals surface area contributed by atoms with Gasteiger partial charge in [0.05, 0.1) is 36.0 Å². The van der Waals surface area contributed by atoms with Gasteiger partial charge in [-0.15, -0.1) is 0 Å². The van der Waals surface area contributed by atoms with Gasteiger partial charge in [0.1, 0.15) is 0 Å². The molecule has 0 radical (unpaired) electrons.